The summed E-state index contributed by atoms with van der Waals surface area (Å²) in [6, 6.07) is 7.29. The van der Waals surface area contributed by atoms with Crippen LogP contribution in [0.4, 0.5) is 5.69 Å². The molecule has 10 heteroatoms. The number of nitrogens with zero attached hydrogens (tertiary/aromatic N) is 4. The number of hydrogen-bond donors (Lipinski definition) is 1. The van der Waals surface area contributed by atoms with Gasteiger partial charge in [0.1, 0.15) is 17.2 Å². The van der Waals surface area contributed by atoms with Crippen molar-refractivity contribution in [3.8, 4) is 17.3 Å². The maximum absolute atomic E-state index is 13.1. The number of aryl methyl sites for hydroxylation is 1. The number of methoxy groups -OCH3 is 1. The monoisotopic (exact) mass is 495 g/mol. The van der Waals surface area contributed by atoms with Crippen molar-refractivity contribution in [1.82, 2.24) is 19.1 Å². The Kier molecular flexibility index (Phi) is 7.50. The molecule has 0 bridgehead atoms. The van der Waals surface area contributed by atoms with Gasteiger partial charge in [-0.15, -0.1) is 11.3 Å². The maximum Gasteiger partial charge on any atom is 0.334 e. The van der Waals surface area contributed by atoms with Crippen LogP contribution in [-0.2, 0) is 7.05 Å². The van der Waals surface area contributed by atoms with E-state index in [1.54, 1.807) is 29.3 Å². The van der Waals surface area contributed by atoms with Crippen LogP contribution in [0.5, 0.6) is 11.5 Å². The van der Waals surface area contributed by atoms with E-state index in [1.165, 1.54) is 17.9 Å². The molecule has 4 aromatic rings. The number of carbonyl (C=O) groups excluding carboxylic acids is 1. The summed E-state index contributed by atoms with van der Waals surface area (Å²) >= 11 is 1.15. The van der Waals surface area contributed by atoms with Gasteiger partial charge in [0, 0.05) is 30.8 Å². The molecule has 1 aromatic carbocycles. The van der Waals surface area contributed by atoms with Gasteiger partial charge in [0.05, 0.1) is 30.4 Å². The maximum atomic E-state index is 13.1. The fourth-order valence-corrected chi connectivity index (χ4v) is 4.57. The van der Waals surface area contributed by atoms with Crippen LogP contribution in [0, 0.1) is 0 Å². The van der Waals surface area contributed by atoms with E-state index in [1.807, 2.05) is 18.2 Å². The quantitative estimate of drug-likeness (QED) is 0.340. The van der Waals surface area contributed by atoms with E-state index in [4.69, 9.17) is 9.47 Å². The van der Waals surface area contributed by atoms with Gasteiger partial charge in [-0.3, -0.25) is 14.3 Å². The third kappa shape index (κ3) is 5.07. The van der Waals surface area contributed by atoms with Crippen LogP contribution in [0.3, 0.4) is 0 Å². The van der Waals surface area contributed by atoms with Crippen LogP contribution in [-0.4, -0.2) is 38.2 Å². The predicted molar refractivity (Wildman–Crippen MR) is 137 cm³/mol. The van der Waals surface area contributed by atoms with E-state index in [9.17, 15) is 9.59 Å². The first-order valence-electron chi connectivity index (χ1n) is 11.6. The first-order chi connectivity index (χ1) is 17.0. The third-order valence-electron chi connectivity index (χ3n) is 5.83. The summed E-state index contributed by atoms with van der Waals surface area (Å²) in [5.41, 5.74) is 1.62. The standard InChI is InChI=1S/C25H29N5O4S/c1-5-7-8-16(6-2)34-17-9-10-19-20(13-17)30(25(32)29(19)3)22-15-35-24(28-22)23(31)27-18-14-26-12-11-21(18)33-4/h9-16H,5-8H2,1-4H3,(H,27,31)/t16-/m1/s1. The van der Waals surface area contributed by atoms with Crippen molar-refractivity contribution in [2.24, 2.45) is 7.05 Å². The summed E-state index contributed by atoms with van der Waals surface area (Å²) < 4.78 is 14.6. The average molecular weight is 496 g/mol. The molecule has 4 rings (SSSR count). The molecule has 0 fully saturated rings. The molecule has 1 amide bonds. The first kappa shape index (κ1) is 24.5. The second kappa shape index (κ2) is 10.7. The summed E-state index contributed by atoms with van der Waals surface area (Å²) in [6.45, 7) is 4.28. The first-order valence-corrected chi connectivity index (χ1v) is 12.5. The number of benzene rings is 1. The number of thiazole rings is 1. The van der Waals surface area contributed by atoms with Gasteiger partial charge in [-0.05, 0) is 25.0 Å². The molecule has 3 aromatic heterocycles. The number of carbonyl (C=O) groups is 1. The van der Waals surface area contributed by atoms with Gasteiger partial charge in [-0.2, -0.15) is 0 Å². The lowest BCUT2D eigenvalue weighted by Gasteiger charge is -2.17. The number of unbranched alkanes of at least 4 members (excludes halogenated alkanes) is 1. The largest absolute Gasteiger partial charge is 0.494 e. The van der Waals surface area contributed by atoms with Gasteiger partial charge in [0.25, 0.3) is 5.91 Å². The minimum Gasteiger partial charge on any atom is -0.494 e. The lowest BCUT2D eigenvalue weighted by molar-refractivity contribution is 0.102. The molecule has 184 valence electrons. The number of amides is 1. The van der Waals surface area contributed by atoms with E-state index in [-0.39, 0.29) is 16.8 Å². The molecule has 0 aliphatic carbocycles. The van der Waals surface area contributed by atoms with Crippen LogP contribution in [0.2, 0.25) is 0 Å². The SMILES string of the molecule is CCCC[C@@H](CC)Oc1ccc2c(c1)n(-c1csc(C(=O)Nc3cnccc3OC)n1)c(=O)n2C. The number of imidazole rings is 1. The predicted octanol–water partition coefficient (Wildman–Crippen LogP) is 4.79. The molecule has 0 aliphatic rings. The van der Waals surface area contributed by atoms with Crippen LogP contribution < -0.4 is 20.5 Å². The van der Waals surface area contributed by atoms with Gasteiger partial charge < -0.3 is 14.8 Å². The summed E-state index contributed by atoms with van der Waals surface area (Å²) in [7, 11) is 3.23. The summed E-state index contributed by atoms with van der Waals surface area (Å²) in [4.78, 5) is 34.4. The molecule has 0 saturated heterocycles. The van der Waals surface area contributed by atoms with Crippen molar-refractivity contribution in [1.29, 1.82) is 0 Å². The summed E-state index contributed by atoms with van der Waals surface area (Å²) in [5.74, 6) is 1.17. The van der Waals surface area contributed by atoms with Crippen molar-refractivity contribution in [2.75, 3.05) is 12.4 Å². The minimum absolute atomic E-state index is 0.121. The van der Waals surface area contributed by atoms with Gasteiger partial charge in [0.15, 0.2) is 10.8 Å². The van der Waals surface area contributed by atoms with Gasteiger partial charge in [-0.1, -0.05) is 26.7 Å². The Morgan fingerprint density at radius 1 is 1.23 bits per heavy atom. The van der Waals surface area contributed by atoms with Crippen molar-refractivity contribution < 1.29 is 14.3 Å². The van der Waals surface area contributed by atoms with Gasteiger partial charge in [0.2, 0.25) is 0 Å². The lowest BCUT2D eigenvalue weighted by Crippen LogP contribution is -2.21. The highest BCUT2D eigenvalue weighted by molar-refractivity contribution is 7.12. The third-order valence-corrected chi connectivity index (χ3v) is 6.66. The Labute approximate surface area is 207 Å². The van der Waals surface area contributed by atoms with E-state index < -0.39 is 5.91 Å². The number of nitrogens with one attached hydrogen (secondary N) is 1. The molecule has 0 radical (unpaired) electrons. The zero-order valence-electron chi connectivity index (χ0n) is 20.3. The summed E-state index contributed by atoms with van der Waals surface area (Å²) in [6.07, 6.45) is 7.32. The van der Waals surface area contributed by atoms with Gasteiger partial charge in [-0.25, -0.2) is 14.3 Å². The lowest BCUT2D eigenvalue weighted by atomic mass is 10.1. The average Bonchev–Trinajstić information content (AvgIpc) is 3.45. The van der Waals surface area contributed by atoms with Crippen LogP contribution >= 0.6 is 11.3 Å². The Morgan fingerprint density at radius 2 is 2.06 bits per heavy atom. The second-order valence-electron chi connectivity index (χ2n) is 8.16. The number of hydrogen-bond acceptors (Lipinski definition) is 7. The number of ether oxygens (including phenoxy) is 2. The van der Waals surface area contributed by atoms with E-state index >= 15 is 0 Å². The Balaban J connectivity index is 1.65. The Hall–Kier alpha value is -3.66. The zero-order valence-corrected chi connectivity index (χ0v) is 21.1. The molecule has 0 unspecified atom stereocenters. The van der Waals surface area contributed by atoms with Crippen LogP contribution in [0.25, 0.3) is 16.9 Å². The molecular formula is C25H29N5O4S. The van der Waals surface area contributed by atoms with E-state index in [2.05, 4.69) is 29.1 Å². The fraction of sp³-hybridized carbons (Fsp3) is 0.360. The molecule has 1 atom stereocenters. The van der Waals surface area contributed by atoms with Crippen LogP contribution in [0.1, 0.15) is 49.3 Å². The molecule has 0 spiro atoms. The fourth-order valence-electron chi connectivity index (χ4n) is 3.89. The number of rotatable bonds is 10. The molecule has 35 heavy (non-hydrogen) atoms. The number of fused-ring (bicyclic) bond motifs is 1. The van der Waals surface area contributed by atoms with E-state index in [0.29, 0.717) is 28.5 Å². The van der Waals surface area contributed by atoms with Gasteiger partial charge >= 0.3 is 5.69 Å². The Bertz CT molecular complexity index is 1390. The highest BCUT2D eigenvalue weighted by Crippen LogP contribution is 2.26. The minimum atomic E-state index is -0.411. The zero-order chi connectivity index (χ0) is 24.9. The number of pyridine rings is 1. The number of aromatic nitrogens is 4. The topological polar surface area (TPSA) is 100 Å². The summed E-state index contributed by atoms with van der Waals surface area (Å²) in [5, 5.41) is 4.67. The van der Waals surface area contributed by atoms with Crippen molar-refractivity contribution in [3.05, 3.63) is 57.5 Å². The number of anilines is 1. The molecule has 3 heterocycles. The molecular weight excluding hydrogens is 466 g/mol. The van der Waals surface area contributed by atoms with E-state index in [0.717, 1.165) is 42.5 Å². The molecule has 0 aliphatic heterocycles. The normalized spacial score (nSPS) is 12.0. The van der Waals surface area contributed by atoms with Crippen molar-refractivity contribution in [2.45, 2.75) is 45.6 Å². The van der Waals surface area contributed by atoms with Crippen molar-refractivity contribution >= 4 is 34.0 Å². The molecule has 0 saturated carbocycles. The molecule has 9 nitrogen and oxygen atoms in total. The second-order valence-corrected chi connectivity index (χ2v) is 9.02. The van der Waals surface area contributed by atoms with Crippen molar-refractivity contribution in [3.63, 3.8) is 0 Å². The highest BCUT2D eigenvalue weighted by Gasteiger charge is 2.19. The smallest absolute Gasteiger partial charge is 0.334 e. The van der Waals surface area contributed by atoms with Crippen LogP contribution in [0.15, 0.2) is 46.8 Å². The highest BCUT2D eigenvalue weighted by atomic mass is 32.1. The molecule has 1 N–H and O–H groups in total. The Morgan fingerprint density at radius 3 is 2.80 bits per heavy atom.